The van der Waals surface area contributed by atoms with Crippen molar-refractivity contribution in [3.63, 3.8) is 0 Å². The minimum Gasteiger partial charge on any atom is -0.314 e. The zero-order chi connectivity index (χ0) is 15.0. The first-order chi connectivity index (χ1) is 10.8. The minimum atomic E-state index is -0.173. The van der Waals surface area contributed by atoms with Crippen LogP contribution in [0.5, 0.6) is 0 Å². The molecule has 3 nitrogen and oxygen atoms in total. The number of fused-ring (bicyclic) bond motifs is 1. The van der Waals surface area contributed by atoms with Crippen LogP contribution in [-0.4, -0.2) is 35.1 Å². The van der Waals surface area contributed by atoms with Crippen molar-refractivity contribution in [3.05, 3.63) is 29.0 Å². The fourth-order valence-electron chi connectivity index (χ4n) is 4.01. The Hall–Kier alpha value is -1.04. The second kappa shape index (κ2) is 5.87. The van der Waals surface area contributed by atoms with Gasteiger partial charge >= 0.3 is 0 Å². The molecule has 22 heavy (non-hydrogen) atoms. The van der Waals surface area contributed by atoms with Gasteiger partial charge in [-0.25, -0.2) is 9.37 Å². The molecular weight excluding hydrogens is 297 g/mol. The van der Waals surface area contributed by atoms with E-state index in [1.54, 1.807) is 23.5 Å². The Bertz CT molecular complexity index is 655. The molecule has 1 aliphatic carbocycles. The average Bonchev–Trinajstić information content (AvgIpc) is 2.92. The molecule has 0 amide bonds. The van der Waals surface area contributed by atoms with Crippen LogP contribution in [0.1, 0.15) is 37.1 Å². The van der Waals surface area contributed by atoms with Crippen LogP contribution in [0.2, 0.25) is 0 Å². The van der Waals surface area contributed by atoms with Crippen molar-refractivity contribution in [2.75, 3.05) is 19.6 Å². The highest BCUT2D eigenvalue weighted by molar-refractivity contribution is 7.18. The minimum absolute atomic E-state index is 0.173. The van der Waals surface area contributed by atoms with E-state index in [0.29, 0.717) is 5.54 Å². The quantitative estimate of drug-likeness (QED) is 0.917. The number of thiazole rings is 1. The maximum atomic E-state index is 13.4. The van der Waals surface area contributed by atoms with Crippen molar-refractivity contribution in [3.8, 4) is 0 Å². The normalized spacial score (nSPS) is 22.4. The fourth-order valence-corrected chi connectivity index (χ4v) is 5.02. The molecule has 0 bridgehead atoms. The van der Waals surface area contributed by atoms with Crippen molar-refractivity contribution in [1.29, 1.82) is 0 Å². The van der Waals surface area contributed by atoms with E-state index < -0.39 is 0 Å². The number of hydrogen-bond acceptors (Lipinski definition) is 4. The first-order valence-electron chi connectivity index (χ1n) is 8.26. The summed E-state index contributed by atoms with van der Waals surface area (Å²) in [6.07, 6.45) is 6.63. The van der Waals surface area contributed by atoms with Crippen LogP contribution in [0.4, 0.5) is 4.39 Å². The number of rotatable bonds is 2. The van der Waals surface area contributed by atoms with Gasteiger partial charge in [0.2, 0.25) is 0 Å². The lowest BCUT2D eigenvalue weighted by molar-refractivity contribution is 0.0209. The van der Waals surface area contributed by atoms with E-state index in [1.807, 2.05) is 0 Å². The third kappa shape index (κ3) is 2.66. The molecule has 1 aromatic carbocycles. The summed E-state index contributed by atoms with van der Waals surface area (Å²) in [4.78, 5) is 7.35. The van der Waals surface area contributed by atoms with Crippen LogP contribution < -0.4 is 5.32 Å². The number of nitrogens with one attached hydrogen (secondary N) is 1. The highest BCUT2D eigenvalue weighted by Crippen LogP contribution is 2.36. The number of aromatic nitrogens is 1. The maximum Gasteiger partial charge on any atom is 0.124 e. The number of halogens is 1. The molecule has 1 N–H and O–H groups in total. The van der Waals surface area contributed by atoms with Gasteiger partial charge in [0.1, 0.15) is 10.8 Å². The monoisotopic (exact) mass is 319 g/mol. The number of piperazine rings is 1. The highest BCUT2D eigenvalue weighted by Gasteiger charge is 2.39. The van der Waals surface area contributed by atoms with Gasteiger partial charge in [-0.15, -0.1) is 11.3 Å². The zero-order valence-electron chi connectivity index (χ0n) is 12.8. The van der Waals surface area contributed by atoms with Gasteiger partial charge in [-0.3, -0.25) is 4.90 Å². The Labute approximate surface area is 134 Å². The van der Waals surface area contributed by atoms with E-state index >= 15 is 0 Å². The molecule has 0 atom stereocenters. The van der Waals surface area contributed by atoms with E-state index in [4.69, 9.17) is 4.98 Å². The molecule has 1 saturated carbocycles. The van der Waals surface area contributed by atoms with Crippen LogP contribution in [0.15, 0.2) is 18.2 Å². The molecule has 1 spiro atoms. The van der Waals surface area contributed by atoms with Crippen molar-refractivity contribution < 1.29 is 4.39 Å². The lowest BCUT2D eigenvalue weighted by Crippen LogP contribution is -2.61. The van der Waals surface area contributed by atoms with E-state index in [1.165, 1.54) is 38.2 Å². The SMILES string of the molecule is Fc1ccc2nc(CN3CCNCC34CCCCC4)sc2c1. The molecule has 4 rings (SSSR count). The van der Waals surface area contributed by atoms with Crippen LogP contribution >= 0.6 is 11.3 Å². The fraction of sp³-hybridized carbons (Fsp3) is 0.588. The van der Waals surface area contributed by atoms with Gasteiger partial charge < -0.3 is 5.32 Å². The second-order valence-corrected chi connectivity index (χ2v) is 7.72. The van der Waals surface area contributed by atoms with Gasteiger partial charge in [0, 0.05) is 25.2 Å². The molecule has 1 saturated heterocycles. The zero-order valence-corrected chi connectivity index (χ0v) is 13.6. The van der Waals surface area contributed by atoms with Crippen molar-refractivity contribution in [1.82, 2.24) is 15.2 Å². The van der Waals surface area contributed by atoms with Crippen molar-refractivity contribution in [2.45, 2.75) is 44.2 Å². The van der Waals surface area contributed by atoms with Gasteiger partial charge in [0.05, 0.1) is 16.8 Å². The summed E-state index contributed by atoms with van der Waals surface area (Å²) in [5.74, 6) is -0.173. The molecule has 2 fully saturated rings. The summed E-state index contributed by atoms with van der Waals surface area (Å²) < 4.78 is 14.3. The van der Waals surface area contributed by atoms with Crippen LogP contribution in [-0.2, 0) is 6.54 Å². The summed E-state index contributed by atoms with van der Waals surface area (Å²) in [5, 5.41) is 4.70. The smallest absolute Gasteiger partial charge is 0.124 e. The Kier molecular flexibility index (Phi) is 3.88. The summed E-state index contributed by atoms with van der Waals surface area (Å²) in [6.45, 7) is 4.15. The summed E-state index contributed by atoms with van der Waals surface area (Å²) in [6, 6.07) is 4.89. The maximum absolute atomic E-state index is 13.4. The molecular formula is C17H22FN3S. The Balaban J connectivity index is 1.59. The molecule has 2 heterocycles. The average molecular weight is 319 g/mol. The topological polar surface area (TPSA) is 28.2 Å². The van der Waals surface area contributed by atoms with Gasteiger partial charge in [-0.2, -0.15) is 0 Å². The lowest BCUT2D eigenvalue weighted by Gasteiger charge is -2.49. The van der Waals surface area contributed by atoms with Gasteiger partial charge in [0.25, 0.3) is 0 Å². The van der Waals surface area contributed by atoms with Crippen molar-refractivity contribution >= 4 is 21.6 Å². The lowest BCUT2D eigenvalue weighted by atomic mass is 9.79. The summed E-state index contributed by atoms with van der Waals surface area (Å²) in [5.41, 5.74) is 1.24. The van der Waals surface area contributed by atoms with Gasteiger partial charge in [-0.1, -0.05) is 19.3 Å². The Morgan fingerprint density at radius 3 is 3.00 bits per heavy atom. The summed E-state index contributed by atoms with van der Waals surface area (Å²) >= 11 is 1.64. The first kappa shape index (κ1) is 14.5. The molecule has 2 aromatic rings. The molecule has 118 valence electrons. The molecule has 2 aliphatic rings. The van der Waals surface area contributed by atoms with Crippen LogP contribution in [0, 0.1) is 5.82 Å². The van der Waals surface area contributed by atoms with E-state index in [2.05, 4.69) is 10.2 Å². The van der Waals surface area contributed by atoms with Crippen molar-refractivity contribution in [2.24, 2.45) is 0 Å². The van der Waals surface area contributed by atoms with E-state index in [-0.39, 0.29) is 5.82 Å². The third-order valence-electron chi connectivity index (χ3n) is 5.19. The number of nitrogens with zero attached hydrogens (tertiary/aromatic N) is 2. The first-order valence-corrected chi connectivity index (χ1v) is 9.08. The highest BCUT2D eigenvalue weighted by atomic mass is 32.1. The Morgan fingerprint density at radius 2 is 2.14 bits per heavy atom. The number of hydrogen-bond donors (Lipinski definition) is 1. The number of benzene rings is 1. The predicted octanol–water partition coefficient (Wildman–Crippen LogP) is 3.54. The van der Waals surface area contributed by atoms with Gasteiger partial charge in [-0.05, 0) is 31.0 Å². The standard InChI is InChI=1S/C17H22FN3S/c18-13-4-5-14-15(10-13)22-16(20-14)11-21-9-8-19-12-17(21)6-2-1-3-7-17/h4-5,10,19H,1-3,6-9,11-12H2. The predicted molar refractivity (Wildman–Crippen MR) is 88.7 cm³/mol. The van der Waals surface area contributed by atoms with Crippen LogP contribution in [0.3, 0.4) is 0 Å². The van der Waals surface area contributed by atoms with E-state index in [9.17, 15) is 4.39 Å². The van der Waals surface area contributed by atoms with Gasteiger partial charge in [0.15, 0.2) is 0 Å². The molecule has 0 radical (unpaired) electrons. The van der Waals surface area contributed by atoms with Crippen LogP contribution in [0.25, 0.3) is 10.2 Å². The molecule has 5 heteroatoms. The third-order valence-corrected chi connectivity index (χ3v) is 6.19. The molecule has 1 aromatic heterocycles. The molecule has 1 aliphatic heterocycles. The van der Waals surface area contributed by atoms with E-state index in [0.717, 1.165) is 41.4 Å². The molecule has 0 unspecified atom stereocenters. The second-order valence-electron chi connectivity index (χ2n) is 6.60. The Morgan fingerprint density at radius 1 is 1.27 bits per heavy atom. The summed E-state index contributed by atoms with van der Waals surface area (Å²) in [7, 11) is 0. The largest absolute Gasteiger partial charge is 0.314 e.